The summed E-state index contributed by atoms with van der Waals surface area (Å²) in [5.41, 5.74) is 0.847. The van der Waals surface area contributed by atoms with Gasteiger partial charge < -0.3 is 15.0 Å². The maximum atomic E-state index is 4.58. The Balaban J connectivity index is 1.87. The van der Waals surface area contributed by atoms with Crippen LogP contribution >= 0.6 is 11.3 Å². The molecule has 6 heteroatoms. The van der Waals surface area contributed by atoms with Crippen molar-refractivity contribution in [1.29, 1.82) is 0 Å². The summed E-state index contributed by atoms with van der Waals surface area (Å²) in [4.78, 5) is 11.6. The van der Waals surface area contributed by atoms with Gasteiger partial charge in [-0.2, -0.15) is 0 Å². The van der Waals surface area contributed by atoms with Crippen LogP contribution in [0.1, 0.15) is 16.7 Å². The number of aryl methyl sites for hydroxylation is 1. The molecular formula is C14H17N5S. The fourth-order valence-corrected chi connectivity index (χ4v) is 2.90. The molecule has 0 saturated carbocycles. The highest BCUT2D eigenvalue weighted by Gasteiger charge is 2.07. The topological polar surface area (TPSA) is 54.2 Å². The normalized spacial score (nSPS) is 10.9. The molecule has 2 N–H and O–H groups in total. The van der Waals surface area contributed by atoms with E-state index in [1.807, 2.05) is 16.8 Å². The monoisotopic (exact) mass is 287 g/mol. The van der Waals surface area contributed by atoms with Crippen LogP contribution in [0.4, 0.5) is 11.6 Å². The molecule has 0 amide bonds. The summed E-state index contributed by atoms with van der Waals surface area (Å²) in [6.45, 7) is 5.78. The molecule has 0 atom stereocenters. The van der Waals surface area contributed by atoms with Gasteiger partial charge in [-0.3, -0.25) is 0 Å². The molecule has 0 spiro atoms. The molecule has 0 aliphatic heterocycles. The van der Waals surface area contributed by atoms with E-state index in [1.54, 1.807) is 17.5 Å². The van der Waals surface area contributed by atoms with Gasteiger partial charge in [0, 0.05) is 28.7 Å². The quantitative estimate of drug-likeness (QED) is 0.757. The minimum absolute atomic E-state index is 0.767. The van der Waals surface area contributed by atoms with E-state index < -0.39 is 0 Å². The first-order valence-electron chi connectivity index (χ1n) is 6.63. The van der Waals surface area contributed by atoms with Crippen LogP contribution in [0.2, 0.25) is 0 Å². The number of hydrogen-bond donors (Lipinski definition) is 2. The molecule has 3 aromatic rings. The molecule has 0 radical (unpaired) electrons. The van der Waals surface area contributed by atoms with Crippen molar-refractivity contribution in [3.63, 3.8) is 0 Å². The van der Waals surface area contributed by atoms with Crippen LogP contribution in [-0.2, 0) is 6.54 Å². The molecule has 3 aromatic heterocycles. The van der Waals surface area contributed by atoms with Crippen molar-refractivity contribution in [3.8, 4) is 0 Å². The van der Waals surface area contributed by atoms with E-state index in [2.05, 4.69) is 46.6 Å². The summed E-state index contributed by atoms with van der Waals surface area (Å²) in [5.74, 6) is 1.65. The average Bonchev–Trinajstić information content (AvgIpc) is 3.05. The van der Waals surface area contributed by atoms with Crippen LogP contribution in [-0.4, -0.2) is 20.9 Å². The summed E-state index contributed by atoms with van der Waals surface area (Å²) in [6.07, 6.45) is 5.66. The minimum atomic E-state index is 0.767. The van der Waals surface area contributed by atoms with Gasteiger partial charge in [0.25, 0.3) is 0 Å². The first-order valence-corrected chi connectivity index (χ1v) is 7.44. The fraction of sp³-hybridized carbons (Fsp3) is 0.286. The highest BCUT2D eigenvalue weighted by atomic mass is 32.1. The molecule has 0 fully saturated rings. The number of aromatic nitrogens is 3. The third kappa shape index (κ3) is 2.60. The Bertz CT molecular complexity index is 715. The van der Waals surface area contributed by atoms with Crippen LogP contribution in [0.15, 0.2) is 30.7 Å². The Kier molecular flexibility index (Phi) is 3.56. The van der Waals surface area contributed by atoms with Gasteiger partial charge in [0.05, 0.1) is 12.7 Å². The molecular weight excluding hydrogens is 270 g/mol. The van der Waals surface area contributed by atoms with Gasteiger partial charge in [-0.05, 0) is 26.0 Å². The number of nitrogens with zero attached hydrogens (tertiary/aromatic N) is 3. The molecule has 5 nitrogen and oxygen atoms in total. The SMILES string of the molecule is CCNc1cn2ccnc2c(NCc2ccc(C)s2)n1. The summed E-state index contributed by atoms with van der Waals surface area (Å²) in [7, 11) is 0. The Morgan fingerprint density at radius 1 is 1.30 bits per heavy atom. The molecule has 0 aliphatic carbocycles. The summed E-state index contributed by atoms with van der Waals surface area (Å²) in [5, 5.41) is 6.61. The van der Waals surface area contributed by atoms with E-state index in [1.165, 1.54) is 9.75 Å². The van der Waals surface area contributed by atoms with Gasteiger partial charge in [0.2, 0.25) is 0 Å². The Morgan fingerprint density at radius 3 is 2.95 bits per heavy atom. The highest BCUT2D eigenvalue weighted by molar-refractivity contribution is 7.11. The second-order valence-electron chi connectivity index (χ2n) is 4.53. The lowest BCUT2D eigenvalue weighted by molar-refractivity contribution is 1.06. The lowest BCUT2D eigenvalue weighted by Crippen LogP contribution is -2.07. The maximum absolute atomic E-state index is 4.58. The third-order valence-electron chi connectivity index (χ3n) is 2.96. The molecule has 0 saturated heterocycles. The third-order valence-corrected chi connectivity index (χ3v) is 3.96. The van der Waals surface area contributed by atoms with Crippen molar-refractivity contribution >= 4 is 28.6 Å². The predicted molar refractivity (Wildman–Crippen MR) is 83.5 cm³/mol. The van der Waals surface area contributed by atoms with Gasteiger partial charge >= 0.3 is 0 Å². The van der Waals surface area contributed by atoms with E-state index in [9.17, 15) is 0 Å². The van der Waals surface area contributed by atoms with Crippen molar-refractivity contribution < 1.29 is 0 Å². The van der Waals surface area contributed by atoms with Crippen LogP contribution in [0.5, 0.6) is 0 Å². The van der Waals surface area contributed by atoms with Crippen molar-refractivity contribution in [2.24, 2.45) is 0 Å². The number of thiophene rings is 1. The Morgan fingerprint density at radius 2 is 2.20 bits per heavy atom. The Labute approximate surface area is 121 Å². The smallest absolute Gasteiger partial charge is 0.180 e. The van der Waals surface area contributed by atoms with Gasteiger partial charge in [-0.15, -0.1) is 11.3 Å². The maximum Gasteiger partial charge on any atom is 0.180 e. The molecule has 0 aliphatic rings. The number of imidazole rings is 1. The largest absolute Gasteiger partial charge is 0.369 e. The minimum Gasteiger partial charge on any atom is -0.369 e. The van der Waals surface area contributed by atoms with Gasteiger partial charge in [0.15, 0.2) is 11.5 Å². The zero-order chi connectivity index (χ0) is 13.9. The average molecular weight is 287 g/mol. The van der Waals surface area contributed by atoms with Gasteiger partial charge in [-0.1, -0.05) is 0 Å². The van der Waals surface area contributed by atoms with Crippen molar-refractivity contribution in [2.75, 3.05) is 17.2 Å². The van der Waals surface area contributed by atoms with E-state index in [-0.39, 0.29) is 0 Å². The van der Waals surface area contributed by atoms with E-state index in [0.717, 1.165) is 30.4 Å². The summed E-state index contributed by atoms with van der Waals surface area (Å²) in [6, 6.07) is 4.28. The number of fused-ring (bicyclic) bond motifs is 1. The van der Waals surface area contributed by atoms with Gasteiger partial charge in [-0.25, -0.2) is 9.97 Å². The highest BCUT2D eigenvalue weighted by Crippen LogP contribution is 2.20. The zero-order valence-corrected chi connectivity index (χ0v) is 12.4. The molecule has 3 rings (SSSR count). The Hall–Kier alpha value is -2.08. The molecule has 0 bridgehead atoms. The lowest BCUT2D eigenvalue weighted by atomic mass is 10.4. The van der Waals surface area contributed by atoms with Crippen molar-refractivity contribution in [3.05, 3.63) is 40.5 Å². The van der Waals surface area contributed by atoms with Crippen molar-refractivity contribution in [2.45, 2.75) is 20.4 Å². The zero-order valence-electron chi connectivity index (χ0n) is 11.6. The number of anilines is 2. The number of hydrogen-bond acceptors (Lipinski definition) is 5. The standard InChI is InChI=1S/C14H17N5S/c1-3-15-12-9-19-7-6-16-14(19)13(18-12)17-8-11-5-4-10(2)20-11/h4-7,9,15H,3,8H2,1-2H3,(H,17,18). The van der Waals surface area contributed by atoms with Crippen LogP contribution in [0, 0.1) is 6.92 Å². The molecule has 0 aromatic carbocycles. The fourth-order valence-electron chi connectivity index (χ4n) is 2.07. The second-order valence-corrected chi connectivity index (χ2v) is 5.90. The van der Waals surface area contributed by atoms with Gasteiger partial charge in [0.1, 0.15) is 5.82 Å². The number of nitrogens with one attached hydrogen (secondary N) is 2. The lowest BCUT2D eigenvalue weighted by Gasteiger charge is -2.09. The van der Waals surface area contributed by atoms with Crippen molar-refractivity contribution in [1.82, 2.24) is 14.4 Å². The summed E-state index contributed by atoms with van der Waals surface area (Å²) >= 11 is 1.80. The first-order chi connectivity index (χ1) is 9.76. The number of rotatable bonds is 5. The molecule has 20 heavy (non-hydrogen) atoms. The summed E-state index contributed by atoms with van der Waals surface area (Å²) < 4.78 is 1.98. The van der Waals surface area contributed by atoms with Crippen LogP contribution in [0.3, 0.4) is 0 Å². The second kappa shape index (κ2) is 5.50. The van der Waals surface area contributed by atoms with E-state index >= 15 is 0 Å². The molecule has 104 valence electrons. The molecule has 3 heterocycles. The van der Waals surface area contributed by atoms with Crippen LogP contribution in [0.25, 0.3) is 5.65 Å². The van der Waals surface area contributed by atoms with E-state index in [0.29, 0.717) is 0 Å². The van der Waals surface area contributed by atoms with Crippen LogP contribution < -0.4 is 10.6 Å². The van der Waals surface area contributed by atoms with E-state index in [4.69, 9.17) is 0 Å². The predicted octanol–water partition coefficient (Wildman–Crippen LogP) is 3.14. The molecule has 0 unspecified atom stereocenters. The first kappa shape index (κ1) is 12.9.